The van der Waals surface area contributed by atoms with Crippen LogP contribution in [0.25, 0.3) is 0 Å². The van der Waals surface area contributed by atoms with Crippen molar-refractivity contribution < 1.29 is 14.7 Å². The minimum atomic E-state index is -0.849. The summed E-state index contributed by atoms with van der Waals surface area (Å²) in [6.45, 7) is 2.14. The highest BCUT2D eigenvalue weighted by molar-refractivity contribution is 7.03. The lowest BCUT2D eigenvalue weighted by atomic mass is 10.2. The molecule has 2 N–H and O–H groups in total. The number of carboxylic acid groups (broad SMARTS) is 1. The molecule has 0 fully saturated rings. The van der Waals surface area contributed by atoms with E-state index in [1.807, 2.05) is 0 Å². The predicted molar refractivity (Wildman–Crippen MR) is 56.1 cm³/mol. The molecule has 0 unspecified atom stereocenters. The summed E-state index contributed by atoms with van der Waals surface area (Å²) in [5.74, 6) is -1.04. The Morgan fingerprint density at radius 1 is 1.60 bits per heavy atom. The second kappa shape index (κ2) is 5.45. The van der Waals surface area contributed by atoms with Crippen LogP contribution >= 0.6 is 11.5 Å². The SMILES string of the molecule is Cc1nscc1C(=O)NCCCC(=O)O. The summed E-state index contributed by atoms with van der Waals surface area (Å²) < 4.78 is 3.98. The molecule has 0 aliphatic heterocycles. The standard InChI is InChI=1S/C9H12N2O3S/c1-6-7(5-15-11-6)9(14)10-4-2-3-8(12)13/h5H,2-4H2,1H3,(H,10,14)(H,12,13). The Balaban J connectivity index is 2.31. The van der Waals surface area contributed by atoms with Crippen LogP contribution in [0.3, 0.4) is 0 Å². The number of hydrogen-bond donors (Lipinski definition) is 2. The number of amides is 1. The van der Waals surface area contributed by atoms with Gasteiger partial charge in [0.2, 0.25) is 0 Å². The largest absolute Gasteiger partial charge is 0.481 e. The molecule has 0 aromatic carbocycles. The van der Waals surface area contributed by atoms with Crippen LogP contribution in [0, 0.1) is 6.92 Å². The summed E-state index contributed by atoms with van der Waals surface area (Å²) in [5, 5.41) is 12.7. The van der Waals surface area contributed by atoms with Crippen LogP contribution in [0.1, 0.15) is 28.9 Å². The van der Waals surface area contributed by atoms with Crippen LogP contribution in [0.2, 0.25) is 0 Å². The molecule has 1 amide bonds. The summed E-state index contributed by atoms with van der Waals surface area (Å²) in [4.78, 5) is 21.7. The fraction of sp³-hybridized carbons (Fsp3) is 0.444. The number of rotatable bonds is 5. The van der Waals surface area contributed by atoms with Gasteiger partial charge in [0.15, 0.2) is 0 Å². The molecule has 82 valence electrons. The van der Waals surface area contributed by atoms with Crippen molar-refractivity contribution in [2.24, 2.45) is 0 Å². The predicted octanol–water partition coefficient (Wildman–Crippen LogP) is 1.05. The highest BCUT2D eigenvalue weighted by Crippen LogP contribution is 2.08. The highest BCUT2D eigenvalue weighted by Gasteiger charge is 2.10. The van der Waals surface area contributed by atoms with Gasteiger partial charge < -0.3 is 10.4 Å². The van der Waals surface area contributed by atoms with Crippen molar-refractivity contribution in [2.45, 2.75) is 19.8 Å². The van der Waals surface area contributed by atoms with E-state index in [9.17, 15) is 9.59 Å². The molecule has 1 aromatic heterocycles. The van der Waals surface area contributed by atoms with Gasteiger partial charge in [-0.2, -0.15) is 4.37 Å². The molecule has 0 radical (unpaired) electrons. The normalized spacial score (nSPS) is 9.93. The Hall–Kier alpha value is -1.43. The zero-order chi connectivity index (χ0) is 11.3. The minimum Gasteiger partial charge on any atom is -0.481 e. The van der Waals surface area contributed by atoms with Gasteiger partial charge in [-0.1, -0.05) is 0 Å². The number of carbonyl (C=O) groups excluding carboxylic acids is 1. The maximum absolute atomic E-state index is 11.5. The molecule has 1 heterocycles. The zero-order valence-electron chi connectivity index (χ0n) is 8.32. The van der Waals surface area contributed by atoms with E-state index in [0.717, 1.165) is 0 Å². The molecular formula is C9H12N2O3S. The van der Waals surface area contributed by atoms with Crippen LogP contribution in [-0.4, -0.2) is 27.9 Å². The lowest BCUT2D eigenvalue weighted by Gasteiger charge is -2.02. The average molecular weight is 228 g/mol. The van der Waals surface area contributed by atoms with Gasteiger partial charge in [-0.15, -0.1) is 0 Å². The van der Waals surface area contributed by atoms with Gasteiger partial charge in [0.25, 0.3) is 5.91 Å². The maximum atomic E-state index is 11.5. The summed E-state index contributed by atoms with van der Waals surface area (Å²) in [5.41, 5.74) is 1.27. The Morgan fingerprint density at radius 2 is 2.33 bits per heavy atom. The van der Waals surface area contributed by atoms with Crippen LogP contribution in [0.15, 0.2) is 5.38 Å². The molecule has 15 heavy (non-hydrogen) atoms. The number of carbonyl (C=O) groups is 2. The molecule has 0 spiro atoms. The molecule has 6 heteroatoms. The molecule has 0 aliphatic carbocycles. The molecular weight excluding hydrogens is 216 g/mol. The third kappa shape index (κ3) is 3.67. The highest BCUT2D eigenvalue weighted by atomic mass is 32.1. The van der Waals surface area contributed by atoms with Crippen molar-refractivity contribution in [3.05, 3.63) is 16.6 Å². The number of aliphatic carboxylic acids is 1. The molecule has 0 aliphatic rings. The topological polar surface area (TPSA) is 79.3 Å². The van der Waals surface area contributed by atoms with Gasteiger partial charge in [0.1, 0.15) is 0 Å². The van der Waals surface area contributed by atoms with Crippen LogP contribution in [0.4, 0.5) is 0 Å². The number of hydrogen-bond acceptors (Lipinski definition) is 4. The van der Waals surface area contributed by atoms with E-state index < -0.39 is 5.97 Å². The second-order valence-electron chi connectivity index (χ2n) is 3.07. The second-order valence-corrected chi connectivity index (χ2v) is 3.70. The van der Waals surface area contributed by atoms with Crippen molar-refractivity contribution in [1.82, 2.24) is 9.69 Å². The van der Waals surface area contributed by atoms with Gasteiger partial charge in [-0.05, 0) is 24.9 Å². The van der Waals surface area contributed by atoms with Gasteiger partial charge in [-0.25, -0.2) is 0 Å². The lowest BCUT2D eigenvalue weighted by molar-refractivity contribution is -0.137. The summed E-state index contributed by atoms with van der Waals surface area (Å²) >= 11 is 1.23. The summed E-state index contributed by atoms with van der Waals surface area (Å²) in [7, 11) is 0. The number of carboxylic acids is 1. The van der Waals surface area contributed by atoms with E-state index in [4.69, 9.17) is 5.11 Å². The molecule has 0 atom stereocenters. The smallest absolute Gasteiger partial charge is 0.303 e. The summed E-state index contributed by atoms with van der Waals surface area (Å²) in [6, 6.07) is 0. The zero-order valence-corrected chi connectivity index (χ0v) is 9.13. The quantitative estimate of drug-likeness (QED) is 0.738. The fourth-order valence-electron chi connectivity index (χ4n) is 1.05. The summed E-state index contributed by atoms with van der Waals surface area (Å²) in [6.07, 6.45) is 0.513. The van der Waals surface area contributed by atoms with Crippen molar-refractivity contribution in [3.8, 4) is 0 Å². The van der Waals surface area contributed by atoms with Gasteiger partial charge in [0.05, 0.1) is 11.3 Å². The number of aromatic nitrogens is 1. The fourth-order valence-corrected chi connectivity index (χ4v) is 1.74. The maximum Gasteiger partial charge on any atom is 0.303 e. The average Bonchev–Trinajstić information content (AvgIpc) is 2.58. The van der Waals surface area contributed by atoms with Crippen molar-refractivity contribution >= 4 is 23.4 Å². The monoisotopic (exact) mass is 228 g/mol. The Labute approximate surface area is 91.3 Å². The van der Waals surface area contributed by atoms with Gasteiger partial charge in [0, 0.05) is 18.3 Å². The number of aryl methyl sites for hydroxylation is 1. The first-order valence-electron chi connectivity index (χ1n) is 4.52. The lowest BCUT2D eigenvalue weighted by Crippen LogP contribution is -2.25. The first-order chi connectivity index (χ1) is 7.11. The first kappa shape index (κ1) is 11.6. The van der Waals surface area contributed by atoms with Gasteiger partial charge >= 0.3 is 5.97 Å². The first-order valence-corrected chi connectivity index (χ1v) is 5.36. The Bertz CT molecular complexity index is 362. The van der Waals surface area contributed by atoms with E-state index in [2.05, 4.69) is 9.69 Å². The van der Waals surface area contributed by atoms with Crippen LogP contribution in [0.5, 0.6) is 0 Å². The van der Waals surface area contributed by atoms with E-state index in [-0.39, 0.29) is 12.3 Å². The van der Waals surface area contributed by atoms with Crippen LogP contribution in [-0.2, 0) is 4.79 Å². The van der Waals surface area contributed by atoms with Gasteiger partial charge in [-0.3, -0.25) is 9.59 Å². The van der Waals surface area contributed by atoms with E-state index in [1.54, 1.807) is 12.3 Å². The molecule has 1 rings (SSSR count). The molecule has 0 saturated carbocycles. The van der Waals surface area contributed by atoms with E-state index in [1.165, 1.54) is 11.5 Å². The van der Waals surface area contributed by atoms with Crippen molar-refractivity contribution in [1.29, 1.82) is 0 Å². The third-order valence-electron chi connectivity index (χ3n) is 1.85. The minimum absolute atomic E-state index is 0.0706. The third-order valence-corrected chi connectivity index (χ3v) is 2.57. The molecule has 0 saturated heterocycles. The Kier molecular flexibility index (Phi) is 4.23. The van der Waals surface area contributed by atoms with Crippen molar-refractivity contribution in [3.63, 3.8) is 0 Å². The Morgan fingerprint density at radius 3 is 2.87 bits per heavy atom. The molecule has 1 aromatic rings. The van der Waals surface area contributed by atoms with E-state index >= 15 is 0 Å². The van der Waals surface area contributed by atoms with Crippen molar-refractivity contribution in [2.75, 3.05) is 6.54 Å². The molecule has 0 bridgehead atoms. The van der Waals surface area contributed by atoms with Crippen LogP contribution < -0.4 is 5.32 Å². The number of nitrogens with zero attached hydrogens (tertiary/aromatic N) is 1. The number of nitrogens with one attached hydrogen (secondary N) is 1. The van der Waals surface area contributed by atoms with E-state index in [0.29, 0.717) is 24.2 Å². The molecule has 5 nitrogen and oxygen atoms in total.